The first-order valence-corrected chi connectivity index (χ1v) is 12.6. The Labute approximate surface area is 217 Å². The standard InChI is InChI=1S/C28H30F5NO4/c1-17-11-21-20-8-4-3-7-18(20)12-22(21)27(34(17)16-28(31,32)33)26-23(29)13-19(14-24(26)30)38-10-6-2-5-9-37-15-25(35)36/h3-4,7-8,13-14,17,27H,2,5-6,9-12,15-16H2,1H3,(H,35,36)/t17-,27+/m1/s1. The average Bonchev–Trinajstić information content (AvgIpc) is 3.19. The maximum Gasteiger partial charge on any atom is 0.401 e. The summed E-state index contributed by atoms with van der Waals surface area (Å²) in [7, 11) is 0. The van der Waals surface area contributed by atoms with Crippen LogP contribution >= 0.6 is 0 Å². The lowest BCUT2D eigenvalue weighted by molar-refractivity contribution is -0.155. The fourth-order valence-electron chi connectivity index (χ4n) is 5.36. The van der Waals surface area contributed by atoms with Crippen molar-refractivity contribution >= 4 is 11.5 Å². The highest BCUT2D eigenvalue weighted by Gasteiger charge is 2.45. The molecule has 0 amide bonds. The largest absolute Gasteiger partial charge is 0.493 e. The Morgan fingerprint density at radius 2 is 1.76 bits per heavy atom. The van der Waals surface area contributed by atoms with E-state index in [1.807, 2.05) is 24.3 Å². The summed E-state index contributed by atoms with van der Waals surface area (Å²) in [4.78, 5) is 11.6. The molecule has 0 saturated heterocycles. The number of ether oxygens (including phenoxy) is 2. The van der Waals surface area contributed by atoms with Crippen LogP contribution in [0.1, 0.15) is 55.3 Å². The van der Waals surface area contributed by atoms with Crippen molar-refractivity contribution in [1.29, 1.82) is 0 Å². The van der Waals surface area contributed by atoms with Gasteiger partial charge in [-0.25, -0.2) is 13.6 Å². The van der Waals surface area contributed by atoms with Crippen LogP contribution in [0.3, 0.4) is 0 Å². The number of carboxylic acids is 1. The van der Waals surface area contributed by atoms with E-state index in [-0.39, 0.29) is 25.6 Å². The van der Waals surface area contributed by atoms with Gasteiger partial charge >= 0.3 is 12.1 Å². The van der Waals surface area contributed by atoms with Gasteiger partial charge in [0.05, 0.1) is 19.2 Å². The quantitative estimate of drug-likeness (QED) is 0.268. The molecule has 4 rings (SSSR count). The third kappa shape index (κ3) is 6.53. The first-order valence-electron chi connectivity index (χ1n) is 12.6. The Bertz CT molecular complexity index is 1170. The van der Waals surface area contributed by atoms with Crippen LogP contribution in [0.25, 0.3) is 5.57 Å². The Hall–Kier alpha value is -2.98. The van der Waals surface area contributed by atoms with E-state index in [1.165, 1.54) is 0 Å². The summed E-state index contributed by atoms with van der Waals surface area (Å²) < 4.78 is 82.1. The predicted octanol–water partition coefficient (Wildman–Crippen LogP) is 6.32. The summed E-state index contributed by atoms with van der Waals surface area (Å²) >= 11 is 0. The number of halogens is 5. The fourth-order valence-corrected chi connectivity index (χ4v) is 5.36. The molecule has 0 saturated carbocycles. The van der Waals surface area contributed by atoms with Crippen molar-refractivity contribution in [3.63, 3.8) is 0 Å². The maximum atomic E-state index is 15.5. The summed E-state index contributed by atoms with van der Waals surface area (Å²) in [6, 6.07) is 7.79. The third-order valence-electron chi connectivity index (χ3n) is 6.95. The number of hydrogen-bond acceptors (Lipinski definition) is 4. The normalized spacial score (nSPS) is 19.4. The zero-order valence-electron chi connectivity index (χ0n) is 21.0. The summed E-state index contributed by atoms with van der Waals surface area (Å²) in [6.07, 6.45) is -2.02. The summed E-state index contributed by atoms with van der Waals surface area (Å²) in [5, 5.41) is 8.53. The van der Waals surface area contributed by atoms with Gasteiger partial charge in [-0.3, -0.25) is 4.90 Å². The number of alkyl halides is 3. The van der Waals surface area contributed by atoms with Gasteiger partial charge in [0, 0.05) is 30.3 Å². The zero-order valence-corrected chi connectivity index (χ0v) is 21.0. The predicted molar refractivity (Wildman–Crippen MR) is 131 cm³/mol. The number of benzene rings is 2. The number of carboxylic acid groups (broad SMARTS) is 1. The van der Waals surface area contributed by atoms with Gasteiger partial charge in [0.15, 0.2) is 0 Å². The molecule has 2 atom stereocenters. The van der Waals surface area contributed by atoms with Crippen LogP contribution in [0.2, 0.25) is 0 Å². The minimum absolute atomic E-state index is 0.0407. The molecule has 0 bridgehead atoms. The number of hydrogen-bond donors (Lipinski definition) is 1. The van der Waals surface area contributed by atoms with Gasteiger partial charge in [-0.05, 0) is 61.3 Å². The van der Waals surface area contributed by atoms with Crippen LogP contribution in [0.5, 0.6) is 5.75 Å². The van der Waals surface area contributed by atoms with Crippen LogP contribution in [-0.4, -0.2) is 54.6 Å². The van der Waals surface area contributed by atoms with Crippen LogP contribution in [0, 0.1) is 11.6 Å². The lowest BCUT2D eigenvalue weighted by Crippen LogP contribution is -2.46. The molecule has 1 N–H and O–H groups in total. The van der Waals surface area contributed by atoms with Crippen molar-refractivity contribution in [2.24, 2.45) is 0 Å². The van der Waals surface area contributed by atoms with Crippen molar-refractivity contribution in [2.75, 3.05) is 26.4 Å². The number of nitrogens with zero attached hydrogens (tertiary/aromatic N) is 1. The number of fused-ring (bicyclic) bond motifs is 2. The summed E-state index contributed by atoms with van der Waals surface area (Å²) in [5.41, 5.74) is 2.94. The number of aliphatic carboxylic acids is 1. The molecular weight excluding hydrogens is 509 g/mol. The molecular formula is C28H30F5NO4. The van der Waals surface area contributed by atoms with Crippen molar-refractivity contribution in [3.8, 4) is 5.75 Å². The minimum Gasteiger partial charge on any atom is -0.493 e. The topological polar surface area (TPSA) is 59.0 Å². The lowest BCUT2D eigenvalue weighted by Gasteiger charge is -2.42. The molecule has 5 nitrogen and oxygen atoms in total. The highest BCUT2D eigenvalue weighted by Crippen LogP contribution is 2.50. The van der Waals surface area contributed by atoms with E-state index in [2.05, 4.69) is 0 Å². The lowest BCUT2D eigenvalue weighted by atomic mass is 9.84. The second-order valence-corrected chi connectivity index (χ2v) is 9.74. The number of unbranched alkanes of at least 4 members (excludes halogenated alkanes) is 2. The van der Waals surface area contributed by atoms with Crippen molar-refractivity contribution < 1.29 is 41.3 Å². The van der Waals surface area contributed by atoms with Gasteiger partial charge < -0.3 is 14.6 Å². The van der Waals surface area contributed by atoms with Gasteiger partial charge in [0.1, 0.15) is 24.0 Å². The van der Waals surface area contributed by atoms with E-state index in [9.17, 15) is 18.0 Å². The van der Waals surface area contributed by atoms with E-state index < -0.39 is 48.0 Å². The first kappa shape index (κ1) is 28.0. The van der Waals surface area contributed by atoms with E-state index in [1.54, 1.807) is 6.92 Å². The Morgan fingerprint density at radius 3 is 2.45 bits per heavy atom. The molecule has 1 aliphatic heterocycles. The minimum atomic E-state index is -4.54. The van der Waals surface area contributed by atoms with Crippen LogP contribution in [-0.2, 0) is 16.0 Å². The average molecular weight is 540 g/mol. The molecule has 0 unspecified atom stereocenters. The summed E-state index contributed by atoms with van der Waals surface area (Å²) in [5.74, 6) is -2.98. The monoisotopic (exact) mass is 539 g/mol. The molecule has 206 valence electrons. The van der Waals surface area contributed by atoms with Crippen LogP contribution < -0.4 is 4.74 Å². The second kappa shape index (κ2) is 11.8. The van der Waals surface area contributed by atoms with E-state index in [0.717, 1.165) is 33.7 Å². The highest BCUT2D eigenvalue weighted by molar-refractivity contribution is 5.79. The zero-order chi connectivity index (χ0) is 27.4. The van der Waals surface area contributed by atoms with Gasteiger partial charge in [0.2, 0.25) is 0 Å². The molecule has 0 radical (unpaired) electrons. The van der Waals surface area contributed by atoms with Crippen molar-refractivity contribution in [1.82, 2.24) is 4.90 Å². The highest BCUT2D eigenvalue weighted by atomic mass is 19.4. The van der Waals surface area contributed by atoms with E-state index in [4.69, 9.17) is 14.6 Å². The molecule has 2 aromatic rings. The van der Waals surface area contributed by atoms with E-state index >= 15 is 8.78 Å². The van der Waals surface area contributed by atoms with E-state index in [0.29, 0.717) is 37.7 Å². The molecule has 1 aliphatic carbocycles. The summed E-state index contributed by atoms with van der Waals surface area (Å²) in [6.45, 7) is 0.456. The molecule has 1 heterocycles. The van der Waals surface area contributed by atoms with Gasteiger partial charge in [-0.2, -0.15) is 13.2 Å². The number of rotatable bonds is 11. The third-order valence-corrected chi connectivity index (χ3v) is 6.95. The first-order chi connectivity index (χ1) is 18.0. The van der Waals surface area contributed by atoms with Crippen LogP contribution in [0.15, 0.2) is 42.0 Å². The van der Waals surface area contributed by atoms with Crippen LogP contribution in [0.4, 0.5) is 22.0 Å². The molecule has 0 spiro atoms. The molecule has 38 heavy (non-hydrogen) atoms. The Morgan fingerprint density at radius 1 is 1.08 bits per heavy atom. The maximum absolute atomic E-state index is 15.5. The number of carbonyl (C=O) groups is 1. The SMILES string of the molecule is C[C@@H]1CC2=C(Cc3ccccc32)[C@@H](c2c(F)cc(OCCCCCOCC(=O)O)cc2F)N1CC(F)(F)F. The molecule has 10 heteroatoms. The van der Waals surface area contributed by atoms with Crippen molar-refractivity contribution in [3.05, 3.63) is 70.3 Å². The molecule has 2 aliphatic rings. The smallest absolute Gasteiger partial charge is 0.401 e. The fraction of sp³-hybridized carbons (Fsp3) is 0.464. The Balaban J connectivity index is 1.53. The Kier molecular flexibility index (Phi) is 8.72. The van der Waals surface area contributed by atoms with Gasteiger partial charge in [-0.15, -0.1) is 0 Å². The second-order valence-electron chi connectivity index (χ2n) is 9.74. The van der Waals surface area contributed by atoms with Gasteiger partial charge in [-0.1, -0.05) is 24.3 Å². The molecule has 0 aromatic heterocycles. The van der Waals surface area contributed by atoms with Gasteiger partial charge in [0.25, 0.3) is 0 Å². The molecule has 0 fully saturated rings. The van der Waals surface area contributed by atoms with Crippen molar-refractivity contribution in [2.45, 2.75) is 57.3 Å². The molecule has 2 aromatic carbocycles.